The molecule has 0 spiro atoms. The summed E-state index contributed by atoms with van der Waals surface area (Å²) < 4.78 is 33.1. The minimum Gasteiger partial charge on any atom is -0.444 e. The van der Waals surface area contributed by atoms with Crippen LogP contribution in [0.4, 0.5) is 4.79 Å². The highest BCUT2D eigenvalue weighted by molar-refractivity contribution is 7.91. The molecule has 5 aliphatic rings. The largest absolute Gasteiger partial charge is 0.444 e. The smallest absolute Gasteiger partial charge is 0.410 e. The summed E-state index contributed by atoms with van der Waals surface area (Å²) in [6.07, 6.45) is 9.54. The number of hydrogen-bond acceptors (Lipinski definition) is 8. The molecule has 5 atom stereocenters. The van der Waals surface area contributed by atoms with Crippen LogP contribution in [0.1, 0.15) is 75.0 Å². The van der Waals surface area contributed by atoms with Crippen molar-refractivity contribution in [3.8, 4) is 0 Å². The zero-order chi connectivity index (χ0) is 32.6. The van der Waals surface area contributed by atoms with Crippen molar-refractivity contribution in [2.45, 2.75) is 100 Å². The number of carbonyl (C=O) groups is 4. The highest BCUT2D eigenvalue weighted by atomic mass is 32.2. The number of allylic oxidation sites excluding steroid dienone is 1. The average molecular weight is 654 g/mol. The monoisotopic (exact) mass is 653 g/mol. The highest BCUT2D eigenvalue weighted by Gasteiger charge is 2.62. The second kappa shape index (κ2) is 12.8. The Labute approximate surface area is 270 Å². The van der Waals surface area contributed by atoms with Crippen molar-refractivity contribution in [1.82, 2.24) is 25.2 Å². The van der Waals surface area contributed by atoms with E-state index in [9.17, 15) is 27.6 Å². The van der Waals surface area contributed by atoms with Gasteiger partial charge in [0, 0.05) is 18.9 Å². The fourth-order valence-electron chi connectivity index (χ4n) is 6.77. The Morgan fingerprint density at radius 2 is 1.96 bits per heavy atom. The highest BCUT2D eigenvalue weighted by Crippen LogP contribution is 2.45. The van der Waals surface area contributed by atoms with E-state index in [0.717, 1.165) is 42.4 Å². The molecule has 1 saturated heterocycles. The molecule has 248 valence electrons. The van der Waals surface area contributed by atoms with E-state index in [4.69, 9.17) is 4.74 Å². The van der Waals surface area contributed by atoms with Crippen LogP contribution in [0.15, 0.2) is 36.9 Å². The predicted octanol–water partition coefficient (Wildman–Crippen LogP) is 2.34. The lowest BCUT2D eigenvalue weighted by molar-refractivity contribution is -0.140. The molecule has 3 aliphatic heterocycles. The first-order chi connectivity index (χ1) is 22.0. The molecule has 3 N–H and O–H groups in total. The van der Waals surface area contributed by atoms with Crippen LogP contribution in [0.5, 0.6) is 0 Å². The van der Waals surface area contributed by atoms with Crippen molar-refractivity contribution in [3.63, 3.8) is 0 Å². The van der Waals surface area contributed by atoms with Gasteiger partial charge in [-0.3, -0.25) is 24.0 Å². The number of ether oxygens (including phenoxy) is 1. The zero-order valence-corrected chi connectivity index (χ0v) is 27.0. The summed E-state index contributed by atoms with van der Waals surface area (Å²) in [5, 5.41) is 5.43. The van der Waals surface area contributed by atoms with Gasteiger partial charge in [-0.1, -0.05) is 42.8 Å². The van der Waals surface area contributed by atoms with Gasteiger partial charge in [0.15, 0.2) is 0 Å². The molecular weight excluding hydrogens is 610 g/mol. The number of benzene rings is 1. The van der Waals surface area contributed by atoms with Gasteiger partial charge in [0.2, 0.25) is 21.8 Å². The van der Waals surface area contributed by atoms with Crippen molar-refractivity contribution in [3.05, 3.63) is 53.6 Å². The molecule has 3 fully saturated rings. The van der Waals surface area contributed by atoms with Crippen LogP contribution >= 0.6 is 0 Å². The third-order valence-electron chi connectivity index (χ3n) is 9.81. The third kappa shape index (κ3) is 6.57. The van der Waals surface area contributed by atoms with Crippen LogP contribution in [-0.4, -0.2) is 84.1 Å². The summed E-state index contributed by atoms with van der Waals surface area (Å²) in [4.78, 5) is 57.3. The van der Waals surface area contributed by atoms with E-state index in [0.29, 0.717) is 32.5 Å². The molecule has 13 heteroatoms. The van der Waals surface area contributed by atoms with Crippen molar-refractivity contribution in [2.75, 3.05) is 13.1 Å². The van der Waals surface area contributed by atoms with Gasteiger partial charge in [-0.15, -0.1) is 6.58 Å². The number of hydrogen-bond donors (Lipinski definition) is 3. The van der Waals surface area contributed by atoms with Gasteiger partial charge in [-0.25, -0.2) is 13.2 Å². The summed E-state index contributed by atoms with van der Waals surface area (Å²) in [5.41, 5.74) is 1.74. The molecule has 0 unspecified atom stereocenters. The second-order valence-corrected chi connectivity index (χ2v) is 15.2. The predicted molar refractivity (Wildman–Crippen MR) is 170 cm³/mol. The second-order valence-electron chi connectivity index (χ2n) is 13.2. The molecule has 4 amide bonds. The molecule has 12 nitrogen and oxygen atoms in total. The Bertz CT molecular complexity index is 1560. The van der Waals surface area contributed by atoms with E-state index in [1.165, 1.54) is 11.0 Å². The number of rotatable bonds is 6. The maximum absolute atomic E-state index is 13.9. The molecule has 4 bridgehead atoms. The van der Waals surface area contributed by atoms with Crippen molar-refractivity contribution < 1.29 is 32.3 Å². The van der Waals surface area contributed by atoms with Crippen LogP contribution in [0.2, 0.25) is 0 Å². The summed E-state index contributed by atoms with van der Waals surface area (Å²) in [7, 11) is -3.84. The SMILES string of the molecule is C=C[C@@H]1C[C@]1(NC(=O)[C@@H]1C[C@@H]2CN1C(=O)[C@H](C)NCCCCC/C=C/c1cccc3c1CN(C3)C(=O)O2)C(=O)NS(=O)(=O)C1CC1. The minimum atomic E-state index is -3.84. The summed E-state index contributed by atoms with van der Waals surface area (Å²) in [5.74, 6) is -2.19. The van der Waals surface area contributed by atoms with E-state index in [1.807, 2.05) is 18.2 Å². The molecular formula is C33H43N5O7S. The molecule has 0 radical (unpaired) electrons. The number of sulfonamides is 1. The van der Waals surface area contributed by atoms with Gasteiger partial charge in [-0.05, 0) is 68.7 Å². The maximum Gasteiger partial charge on any atom is 0.410 e. The number of carbonyl (C=O) groups excluding carboxylic acids is 4. The fraction of sp³-hybridized carbons (Fsp3) is 0.576. The lowest BCUT2D eigenvalue weighted by atomic mass is 10.0. The molecule has 6 rings (SSSR count). The van der Waals surface area contributed by atoms with E-state index in [1.54, 1.807) is 11.8 Å². The fourth-order valence-corrected chi connectivity index (χ4v) is 8.14. The zero-order valence-electron chi connectivity index (χ0n) is 26.2. The van der Waals surface area contributed by atoms with Gasteiger partial charge >= 0.3 is 6.09 Å². The molecule has 1 aromatic carbocycles. The standard InChI is InChI=1S/C33H43N5O7S/c1-3-24-17-33(24,31(41)36-46(43,44)26-13-14-26)35-29(39)28-16-25-19-38(28)30(40)21(2)34-15-8-6-4-5-7-10-22-11-9-12-23-18-37(20-27(22)23)32(42)45-25/h3,7,9-12,21,24-26,28,34H,1,4-6,8,13-20H2,2H3,(H,35,39)(H,36,41)/b10-7+/t21-,24+,25+,28-,33+/m0/s1. The Hall–Kier alpha value is -3.71. The Balaban J connectivity index is 1.21. The molecule has 46 heavy (non-hydrogen) atoms. The van der Waals surface area contributed by atoms with Crippen LogP contribution < -0.4 is 15.4 Å². The van der Waals surface area contributed by atoms with Crippen molar-refractivity contribution in [1.29, 1.82) is 0 Å². The molecule has 3 heterocycles. The Kier molecular flexibility index (Phi) is 8.99. The van der Waals surface area contributed by atoms with E-state index < -0.39 is 62.8 Å². The first kappa shape index (κ1) is 32.2. The number of nitrogens with one attached hydrogen (secondary N) is 3. The lowest BCUT2D eigenvalue weighted by Gasteiger charge is -2.28. The minimum absolute atomic E-state index is 0.0175. The molecule has 0 aromatic heterocycles. The summed E-state index contributed by atoms with van der Waals surface area (Å²) >= 11 is 0. The van der Waals surface area contributed by atoms with Gasteiger partial charge in [-0.2, -0.15) is 0 Å². The Morgan fingerprint density at radius 3 is 2.70 bits per heavy atom. The molecule has 2 aliphatic carbocycles. The molecule has 1 aromatic rings. The van der Waals surface area contributed by atoms with Gasteiger partial charge in [0.25, 0.3) is 5.91 Å². The quantitative estimate of drug-likeness (QED) is 0.396. The summed E-state index contributed by atoms with van der Waals surface area (Å²) in [6.45, 7) is 6.94. The number of amides is 4. The van der Waals surface area contributed by atoms with Gasteiger partial charge in [0.05, 0.1) is 24.4 Å². The average Bonchev–Trinajstić information content (AvgIpc) is 3.92. The van der Waals surface area contributed by atoms with Crippen LogP contribution in [0, 0.1) is 5.92 Å². The maximum atomic E-state index is 13.9. The first-order valence-electron chi connectivity index (χ1n) is 16.3. The van der Waals surface area contributed by atoms with Crippen molar-refractivity contribution >= 4 is 39.9 Å². The third-order valence-corrected chi connectivity index (χ3v) is 11.6. The van der Waals surface area contributed by atoms with Gasteiger partial charge < -0.3 is 20.3 Å². The first-order valence-corrected chi connectivity index (χ1v) is 17.8. The topological polar surface area (TPSA) is 154 Å². The summed E-state index contributed by atoms with van der Waals surface area (Å²) in [6, 6.07) is 4.42. The number of fused-ring (bicyclic) bond motifs is 3. The van der Waals surface area contributed by atoms with Crippen LogP contribution in [0.25, 0.3) is 6.08 Å². The van der Waals surface area contributed by atoms with Gasteiger partial charge in [0.1, 0.15) is 17.7 Å². The van der Waals surface area contributed by atoms with Crippen LogP contribution in [0.3, 0.4) is 0 Å². The lowest BCUT2D eigenvalue weighted by Crippen LogP contribution is -2.57. The van der Waals surface area contributed by atoms with E-state index >= 15 is 0 Å². The Morgan fingerprint density at radius 1 is 1.15 bits per heavy atom. The van der Waals surface area contributed by atoms with E-state index in [-0.39, 0.29) is 25.3 Å². The van der Waals surface area contributed by atoms with E-state index in [2.05, 4.69) is 34.1 Å². The number of nitrogens with zero attached hydrogens (tertiary/aromatic N) is 2. The van der Waals surface area contributed by atoms with Crippen molar-refractivity contribution in [2.24, 2.45) is 5.92 Å². The van der Waals surface area contributed by atoms with Crippen LogP contribution in [-0.2, 0) is 42.2 Å². The normalized spacial score (nSPS) is 30.8. The molecule has 2 saturated carbocycles.